The highest BCUT2D eigenvalue weighted by Gasteiger charge is 2.43. The van der Waals surface area contributed by atoms with Gasteiger partial charge in [-0.3, -0.25) is 0 Å². The molecule has 2 aliphatic carbocycles. The largest absolute Gasteiger partial charge is 0.387 e. The predicted molar refractivity (Wildman–Crippen MR) is 84.0 cm³/mol. The summed E-state index contributed by atoms with van der Waals surface area (Å²) in [5.74, 6) is 2.16. The molecule has 0 aromatic rings. The first-order valence-electron chi connectivity index (χ1n) is 7.77. The zero-order valence-electron chi connectivity index (χ0n) is 12.7. The lowest BCUT2D eigenvalue weighted by molar-refractivity contribution is 0.0869. The smallest absolute Gasteiger partial charge is 0.315 e. The van der Waals surface area contributed by atoms with Gasteiger partial charge < -0.3 is 15.7 Å². The molecule has 0 aromatic carbocycles. The Kier molecular flexibility index (Phi) is 5.61. The van der Waals surface area contributed by atoms with Gasteiger partial charge in [0.25, 0.3) is 0 Å². The van der Waals surface area contributed by atoms with E-state index in [1.807, 2.05) is 6.26 Å². The monoisotopic (exact) mass is 300 g/mol. The number of hydrogen-bond donors (Lipinski definition) is 3. The highest BCUT2D eigenvalue weighted by atomic mass is 32.2. The molecular formula is C15H28N2O2S. The lowest BCUT2D eigenvalue weighted by Gasteiger charge is -2.23. The molecule has 20 heavy (non-hydrogen) atoms. The number of amides is 2. The van der Waals surface area contributed by atoms with Crippen molar-refractivity contribution >= 4 is 17.8 Å². The molecule has 0 saturated heterocycles. The summed E-state index contributed by atoms with van der Waals surface area (Å²) in [7, 11) is 0. The van der Waals surface area contributed by atoms with Crippen LogP contribution in [0.25, 0.3) is 0 Å². The van der Waals surface area contributed by atoms with E-state index in [1.165, 1.54) is 32.1 Å². The van der Waals surface area contributed by atoms with Crippen LogP contribution in [0, 0.1) is 11.8 Å². The molecule has 0 spiro atoms. The number of carbonyl (C=O) groups is 1. The molecular weight excluding hydrogens is 272 g/mol. The lowest BCUT2D eigenvalue weighted by atomic mass is 9.85. The Bertz CT molecular complexity index is 330. The van der Waals surface area contributed by atoms with Crippen molar-refractivity contribution in [2.75, 3.05) is 18.6 Å². The van der Waals surface area contributed by atoms with Crippen molar-refractivity contribution in [1.29, 1.82) is 0 Å². The minimum absolute atomic E-state index is 0.130. The number of urea groups is 1. The fraction of sp³-hybridized carbons (Fsp3) is 0.933. The second-order valence-electron chi connectivity index (χ2n) is 6.66. The second-order valence-corrected chi connectivity index (χ2v) is 7.53. The quantitative estimate of drug-likeness (QED) is 0.706. The van der Waals surface area contributed by atoms with Gasteiger partial charge in [-0.05, 0) is 31.4 Å². The first kappa shape index (κ1) is 16.0. The average Bonchev–Trinajstić information content (AvgIpc) is 3.17. The Labute approximate surface area is 126 Å². The third-order valence-electron chi connectivity index (χ3n) is 4.50. The number of thioether (sulfide) groups is 1. The van der Waals surface area contributed by atoms with Crippen LogP contribution in [0.3, 0.4) is 0 Å². The predicted octanol–water partition coefficient (Wildman–Crippen LogP) is 2.37. The lowest BCUT2D eigenvalue weighted by Crippen LogP contribution is -2.47. The maximum atomic E-state index is 11.8. The Hall–Kier alpha value is -0.420. The summed E-state index contributed by atoms with van der Waals surface area (Å²) in [6.45, 7) is 2.06. The zero-order chi connectivity index (χ0) is 14.6. The average molecular weight is 300 g/mol. The van der Waals surface area contributed by atoms with Gasteiger partial charge in [0, 0.05) is 18.3 Å². The fourth-order valence-corrected chi connectivity index (χ4v) is 4.04. The Balaban J connectivity index is 1.63. The fourth-order valence-electron chi connectivity index (χ4n) is 3.32. The summed E-state index contributed by atoms with van der Waals surface area (Å²) in [6, 6.07) is 0.235. The van der Waals surface area contributed by atoms with E-state index >= 15 is 0 Å². The minimum atomic E-state index is -0.830. The maximum Gasteiger partial charge on any atom is 0.315 e. The van der Waals surface area contributed by atoms with Crippen LogP contribution in [0.2, 0.25) is 0 Å². The summed E-state index contributed by atoms with van der Waals surface area (Å²) in [4.78, 5) is 11.8. The molecule has 0 aliphatic heterocycles. The molecule has 2 fully saturated rings. The van der Waals surface area contributed by atoms with Gasteiger partial charge in [0.05, 0.1) is 5.60 Å². The van der Waals surface area contributed by atoms with Gasteiger partial charge in [0.15, 0.2) is 0 Å². The summed E-state index contributed by atoms with van der Waals surface area (Å²) < 4.78 is 0. The molecule has 0 bridgehead atoms. The summed E-state index contributed by atoms with van der Waals surface area (Å²) in [6.07, 6.45) is 9.87. The van der Waals surface area contributed by atoms with Crippen LogP contribution in [0.15, 0.2) is 0 Å². The van der Waals surface area contributed by atoms with Crippen molar-refractivity contribution < 1.29 is 9.90 Å². The van der Waals surface area contributed by atoms with E-state index in [4.69, 9.17) is 0 Å². The van der Waals surface area contributed by atoms with E-state index in [0.717, 1.165) is 12.3 Å². The Morgan fingerprint density at radius 3 is 2.70 bits per heavy atom. The minimum Gasteiger partial charge on any atom is -0.387 e. The first-order chi connectivity index (χ1) is 9.52. The van der Waals surface area contributed by atoms with Crippen molar-refractivity contribution in [3.63, 3.8) is 0 Å². The molecule has 116 valence electrons. The van der Waals surface area contributed by atoms with Crippen molar-refractivity contribution in [3.8, 4) is 0 Å². The molecule has 3 atom stereocenters. The van der Waals surface area contributed by atoms with E-state index in [-0.39, 0.29) is 6.03 Å². The van der Waals surface area contributed by atoms with Gasteiger partial charge in [-0.25, -0.2) is 4.79 Å². The summed E-state index contributed by atoms with van der Waals surface area (Å²) in [5, 5.41) is 15.8. The van der Waals surface area contributed by atoms with Crippen molar-refractivity contribution in [1.82, 2.24) is 10.6 Å². The molecule has 0 aromatic heterocycles. The highest BCUT2D eigenvalue weighted by Crippen LogP contribution is 2.44. The van der Waals surface area contributed by atoms with E-state index in [2.05, 4.69) is 10.6 Å². The van der Waals surface area contributed by atoms with Gasteiger partial charge in [0.1, 0.15) is 0 Å². The van der Waals surface area contributed by atoms with Crippen molar-refractivity contribution in [2.24, 2.45) is 11.8 Å². The number of hydrogen-bond acceptors (Lipinski definition) is 3. The van der Waals surface area contributed by atoms with Crippen LogP contribution >= 0.6 is 11.8 Å². The normalized spacial score (nSPS) is 29.6. The van der Waals surface area contributed by atoms with Crippen LogP contribution in [0.1, 0.15) is 45.4 Å². The number of aliphatic hydroxyl groups is 1. The topological polar surface area (TPSA) is 61.4 Å². The van der Waals surface area contributed by atoms with Crippen LogP contribution in [-0.2, 0) is 0 Å². The molecule has 5 heteroatoms. The molecule has 0 heterocycles. The highest BCUT2D eigenvalue weighted by molar-refractivity contribution is 7.98. The second kappa shape index (κ2) is 7.03. The van der Waals surface area contributed by atoms with Gasteiger partial charge in [-0.15, -0.1) is 0 Å². The SMILES string of the molecule is CSCC(C)(O)CNC(=O)NC1CC1C1CCCCC1. The van der Waals surface area contributed by atoms with Crippen molar-refractivity contribution in [3.05, 3.63) is 0 Å². The standard InChI is InChI=1S/C15H28N2O2S/c1-15(19,10-20-2)9-16-14(18)17-13-8-12(13)11-6-4-3-5-7-11/h11-13,19H,3-10H2,1-2H3,(H2,16,17,18). The molecule has 3 unspecified atom stereocenters. The number of carbonyl (C=O) groups excluding carboxylic acids is 1. The third kappa shape index (κ3) is 4.85. The van der Waals surface area contributed by atoms with E-state index < -0.39 is 5.60 Å². The molecule has 2 rings (SSSR count). The van der Waals surface area contributed by atoms with Crippen LogP contribution in [0.5, 0.6) is 0 Å². The Morgan fingerprint density at radius 2 is 2.05 bits per heavy atom. The maximum absolute atomic E-state index is 11.8. The van der Waals surface area contributed by atoms with Gasteiger partial charge in [0.2, 0.25) is 0 Å². The first-order valence-corrected chi connectivity index (χ1v) is 9.17. The number of rotatable bonds is 6. The third-order valence-corrected chi connectivity index (χ3v) is 5.41. The van der Waals surface area contributed by atoms with Crippen molar-refractivity contribution in [2.45, 2.75) is 57.1 Å². The van der Waals surface area contributed by atoms with E-state index in [1.54, 1.807) is 18.7 Å². The zero-order valence-corrected chi connectivity index (χ0v) is 13.5. The Morgan fingerprint density at radius 1 is 1.35 bits per heavy atom. The van der Waals surface area contributed by atoms with Crippen LogP contribution in [-0.4, -0.2) is 41.3 Å². The molecule has 2 saturated carbocycles. The van der Waals surface area contributed by atoms with E-state index in [0.29, 0.717) is 24.3 Å². The summed E-state index contributed by atoms with van der Waals surface area (Å²) in [5.41, 5.74) is -0.830. The molecule has 0 radical (unpaired) electrons. The summed E-state index contributed by atoms with van der Waals surface area (Å²) >= 11 is 1.58. The number of nitrogens with one attached hydrogen (secondary N) is 2. The molecule has 2 amide bonds. The molecule has 4 nitrogen and oxygen atoms in total. The van der Waals surface area contributed by atoms with Crippen LogP contribution < -0.4 is 10.6 Å². The molecule has 3 N–H and O–H groups in total. The van der Waals surface area contributed by atoms with E-state index in [9.17, 15) is 9.90 Å². The molecule has 2 aliphatic rings. The van der Waals surface area contributed by atoms with Gasteiger partial charge in [-0.2, -0.15) is 11.8 Å². The van der Waals surface area contributed by atoms with Gasteiger partial charge in [-0.1, -0.05) is 32.1 Å². The van der Waals surface area contributed by atoms with Gasteiger partial charge >= 0.3 is 6.03 Å². The van der Waals surface area contributed by atoms with Crippen LogP contribution in [0.4, 0.5) is 4.79 Å².